The fraction of sp³-hybridized carbons (Fsp3) is 0.462. The molecule has 1 aromatic carbocycles. The fourth-order valence-corrected chi connectivity index (χ4v) is 1.68. The van der Waals surface area contributed by atoms with E-state index in [4.69, 9.17) is 16.3 Å². The molecule has 0 aliphatic heterocycles. The SMILES string of the molecule is COCCNC(=O)CCNCc1cccc(Cl)c1. The van der Waals surface area contributed by atoms with E-state index in [0.717, 1.165) is 10.6 Å². The van der Waals surface area contributed by atoms with Crippen molar-refractivity contribution in [2.45, 2.75) is 13.0 Å². The molecule has 0 aromatic heterocycles. The van der Waals surface area contributed by atoms with Crippen LogP contribution in [-0.4, -0.2) is 32.7 Å². The van der Waals surface area contributed by atoms with Crippen LogP contribution >= 0.6 is 11.6 Å². The normalized spacial score (nSPS) is 10.3. The summed E-state index contributed by atoms with van der Waals surface area (Å²) < 4.78 is 4.84. The molecule has 1 rings (SSSR count). The first-order valence-electron chi connectivity index (χ1n) is 5.93. The Kier molecular flexibility index (Phi) is 7.41. The average Bonchev–Trinajstić information content (AvgIpc) is 2.35. The molecule has 1 aromatic rings. The zero-order valence-corrected chi connectivity index (χ0v) is 11.3. The number of methoxy groups -OCH3 is 1. The van der Waals surface area contributed by atoms with E-state index in [1.54, 1.807) is 7.11 Å². The second-order valence-corrected chi connectivity index (χ2v) is 4.34. The van der Waals surface area contributed by atoms with Gasteiger partial charge in [0.25, 0.3) is 0 Å². The monoisotopic (exact) mass is 270 g/mol. The highest BCUT2D eigenvalue weighted by Crippen LogP contribution is 2.09. The van der Waals surface area contributed by atoms with E-state index < -0.39 is 0 Å². The molecule has 0 fully saturated rings. The summed E-state index contributed by atoms with van der Waals surface area (Å²) in [6.07, 6.45) is 0.463. The zero-order valence-electron chi connectivity index (χ0n) is 10.5. The number of benzene rings is 1. The number of ether oxygens (including phenoxy) is 1. The first-order chi connectivity index (χ1) is 8.72. The van der Waals surface area contributed by atoms with E-state index in [1.807, 2.05) is 24.3 Å². The molecule has 2 N–H and O–H groups in total. The topological polar surface area (TPSA) is 50.4 Å². The van der Waals surface area contributed by atoms with Crippen LogP contribution in [0.3, 0.4) is 0 Å². The van der Waals surface area contributed by atoms with Gasteiger partial charge in [-0.05, 0) is 17.7 Å². The number of hydrogen-bond donors (Lipinski definition) is 2. The maximum atomic E-state index is 11.4. The van der Waals surface area contributed by atoms with Crippen LogP contribution in [0.2, 0.25) is 5.02 Å². The molecule has 0 atom stereocenters. The molecule has 0 aliphatic carbocycles. The molecule has 0 unspecified atom stereocenters. The Bertz CT molecular complexity index is 372. The second-order valence-electron chi connectivity index (χ2n) is 3.90. The van der Waals surface area contributed by atoms with Crippen LogP contribution in [0.15, 0.2) is 24.3 Å². The van der Waals surface area contributed by atoms with Gasteiger partial charge >= 0.3 is 0 Å². The third kappa shape index (κ3) is 6.59. The van der Waals surface area contributed by atoms with Gasteiger partial charge in [-0.2, -0.15) is 0 Å². The third-order valence-electron chi connectivity index (χ3n) is 2.38. The van der Waals surface area contributed by atoms with Gasteiger partial charge in [-0.15, -0.1) is 0 Å². The Morgan fingerprint density at radius 1 is 1.39 bits per heavy atom. The van der Waals surface area contributed by atoms with Crippen molar-refractivity contribution in [3.8, 4) is 0 Å². The van der Waals surface area contributed by atoms with Gasteiger partial charge < -0.3 is 15.4 Å². The number of rotatable bonds is 8. The van der Waals surface area contributed by atoms with Gasteiger partial charge in [-0.3, -0.25) is 4.79 Å². The molecule has 0 aliphatic rings. The lowest BCUT2D eigenvalue weighted by molar-refractivity contribution is -0.121. The molecule has 100 valence electrons. The lowest BCUT2D eigenvalue weighted by atomic mass is 10.2. The molecule has 0 saturated heterocycles. The third-order valence-corrected chi connectivity index (χ3v) is 2.61. The summed E-state index contributed by atoms with van der Waals surface area (Å²) in [4.78, 5) is 11.4. The van der Waals surface area contributed by atoms with Crippen LogP contribution < -0.4 is 10.6 Å². The van der Waals surface area contributed by atoms with Gasteiger partial charge in [0.05, 0.1) is 6.61 Å². The van der Waals surface area contributed by atoms with E-state index in [1.165, 1.54) is 0 Å². The first-order valence-corrected chi connectivity index (χ1v) is 6.31. The van der Waals surface area contributed by atoms with Crippen molar-refractivity contribution in [3.05, 3.63) is 34.9 Å². The highest BCUT2D eigenvalue weighted by atomic mass is 35.5. The quantitative estimate of drug-likeness (QED) is 0.705. The summed E-state index contributed by atoms with van der Waals surface area (Å²) in [5.74, 6) is 0.0330. The summed E-state index contributed by atoms with van der Waals surface area (Å²) in [5.41, 5.74) is 1.11. The Morgan fingerprint density at radius 3 is 2.94 bits per heavy atom. The molecule has 0 bridgehead atoms. The van der Waals surface area contributed by atoms with Crippen molar-refractivity contribution in [2.75, 3.05) is 26.8 Å². The number of carbonyl (C=O) groups is 1. The molecule has 0 radical (unpaired) electrons. The van der Waals surface area contributed by atoms with Gasteiger partial charge in [0.2, 0.25) is 5.91 Å². The number of hydrogen-bond acceptors (Lipinski definition) is 3. The van der Waals surface area contributed by atoms with Gasteiger partial charge in [0, 0.05) is 38.2 Å². The second kappa shape index (κ2) is 8.91. The highest BCUT2D eigenvalue weighted by molar-refractivity contribution is 6.30. The van der Waals surface area contributed by atoms with Crippen molar-refractivity contribution in [1.82, 2.24) is 10.6 Å². The van der Waals surface area contributed by atoms with Crippen molar-refractivity contribution < 1.29 is 9.53 Å². The van der Waals surface area contributed by atoms with Crippen molar-refractivity contribution in [2.24, 2.45) is 0 Å². The molecule has 0 heterocycles. The summed E-state index contributed by atoms with van der Waals surface area (Å²) in [5, 5.41) is 6.69. The molecule has 1 amide bonds. The minimum absolute atomic E-state index is 0.0330. The average molecular weight is 271 g/mol. The zero-order chi connectivity index (χ0) is 13.2. The number of amides is 1. The molecule has 5 heteroatoms. The molecule has 0 spiro atoms. The number of halogens is 1. The standard InChI is InChI=1S/C13H19ClN2O2/c1-18-8-7-16-13(17)5-6-15-10-11-3-2-4-12(14)9-11/h2-4,9,15H,5-8,10H2,1H3,(H,16,17). The Morgan fingerprint density at radius 2 is 2.22 bits per heavy atom. The molecular formula is C13H19ClN2O2. The van der Waals surface area contributed by atoms with E-state index >= 15 is 0 Å². The first kappa shape index (κ1) is 15.0. The minimum atomic E-state index is 0.0330. The Balaban J connectivity index is 2.09. The maximum absolute atomic E-state index is 11.4. The maximum Gasteiger partial charge on any atom is 0.221 e. The van der Waals surface area contributed by atoms with Crippen LogP contribution in [0.25, 0.3) is 0 Å². The van der Waals surface area contributed by atoms with Crippen LogP contribution in [0, 0.1) is 0 Å². The van der Waals surface area contributed by atoms with Crippen molar-refractivity contribution >= 4 is 17.5 Å². The van der Waals surface area contributed by atoms with E-state index in [0.29, 0.717) is 32.7 Å². The summed E-state index contributed by atoms with van der Waals surface area (Å²) >= 11 is 5.88. The van der Waals surface area contributed by atoms with Gasteiger partial charge in [0.1, 0.15) is 0 Å². The Labute approximate surface area is 113 Å². The lowest BCUT2D eigenvalue weighted by Gasteiger charge is -2.06. The van der Waals surface area contributed by atoms with Crippen LogP contribution in [-0.2, 0) is 16.1 Å². The van der Waals surface area contributed by atoms with E-state index in [-0.39, 0.29) is 5.91 Å². The predicted molar refractivity (Wildman–Crippen MR) is 72.7 cm³/mol. The molecule has 0 saturated carbocycles. The largest absolute Gasteiger partial charge is 0.383 e. The van der Waals surface area contributed by atoms with E-state index in [2.05, 4.69) is 10.6 Å². The van der Waals surface area contributed by atoms with Crippen LogP contribution in [0.4, 0.5) is 0 Å². The van der Waals surface area contributed by atoms with Crippen LogP contribution in [0.5, 0.6) is 0 Å². The van der Waals surface area contributed by atoms with Crippen molar-refractivity contribution in [1.29, 1.82) is 0 Å². The van der Waals surface area contributed by atoms with Crippen molar-refractivity contribution in [3.63, 3.8) is 0 Å². The number of carbonyl (C=O) groups excluding carboxylic acids is 1. The van der Waals surface area contributed by atoms with Gasteiger partial charge in [-0.25, -0.2) is 0 Å². The summed E-state index contributed by atoms with van der Waals surface area (Å²) in [6.45, 7) is 2.46. The van der Waals surface area contributed by atoms with Gasteiger partial charge in [0.15, 0.2) is 0 Å². The summed E-state index contributed by atoms with van der Waals surface area (Å²) in [6, 6.07) is 7.66. The minimum Gasteiger partial charge on any atom is -0.383 e. The lowest BCUT2D eigenvalue weighted by Crippen LogP contribution is -2.29. The highest BCUT2D eigenvalue weighted by Gasteiger charge is 2.00. The molecule has 18 heavy (non-hydrogen) atoms. The molecular weight excluding hydrogens is 252 g/mol. The van der Waals surface area contributed by atoms with E-state index in [9.17, 15) is 4.79 Å². The van der Waals surface area contributed by atoms with Crippen LogP contribution in [0.1, 0.15) is 12.0 Å². The predicted octanol–water partition coefficient (Wildman–Crippen LogP) is 1.58. The summed E-state index contributed by atoms with van der Waals surface area (Å²) in [7, 11) is 1.61. The molecule has 4 nitrogen and oxygen atoms in total. The Hall–Kier alpha value is -1.10. The fourth-order valence-electron chi connectivity index (χ4n) is 1.46. The van der Waals surface area contributed by atoms with Gasteiger partial charge in [-0.1, -0.05) is 23.7 Å². The smallest absolute Gasteiger partial charge is 0.221 e. The number of nitrogens with one attached hydrogen (secondary N) is 2.